The summed E-state index contributed by atoms with van der Waals surface area (Å²) in [7, 11) is 0. The highest BCUT2D eigenvalue weighted by molar-refractivity contribution is 5.24. The van der Waals surface area contributed by atoms with E-state index in [9.17, 15) is 27.1 Å². The van der Waals surface area contributed by atoms with Gasteiger partial charge in [-0.15, -0.1) is 0 Å². The molecular weight excluding hydrogens is 257 g/mol. The molecule has 1 aliphatic heterocycles. The monoisotopic (exact) mass is 267 g/mol. The number of rotatable bonds is 2. The molecule has 0 saturated carbocycles. The van der Waals surface area contributed by atoms with E-state index in [1.807, 2.05) is 0 Å². The molecule has 18 heavy (non-hydrogen) atoms. The van der Waals surface area contributed by atoms with E-state index in [-0.39, 0.29) is 6.54 Å². The lowest BCUT2D eigenvalue weighted by Gasteiger charge is -2.16. The fourth-order valence-electron chi connectivity index (χ4n) is 1.97. The summed E-state index contributed by atoms with van der Waals surface area (Å²) in [6, 6.07) is 0. The molecule has 1 saturated heterocycles. The zero-order valence-electron chi connectivity index (χ0n) is 9.19. The maximum atomic E-state index is 13.3. The minimum Gasteiger partial charge on any atom is -0.392 e. The Morgan fingerprint density at radius 2 is 1.44 bits per heavy atom. The van der Waals surface area contributed by atoms with Crippen LogP contribution < -0.4 is 0 Å². The summed E-state index contributed by atoms with van der Waals surface area (Å²) < 4.78 is 65.3. The van der Waals surface area contributed by atoms with Crippen molar-refractivity contribution in [2.45, 2.75) is 19.1 Å². The zero-order valence-corrected chi connectivity index (χ0v) is 9.19. The highest BCUT2D eigenvalue weighted by Crippen LogP contribution is 2.25. The van der Waals surface area contributed by atoms with Crippen molar-refractivity contribution >= 4 is 0 Å². The SMILES string of the molecule is OC1CCN(Cc2c(F)c(F)c(F)c(F)c2F)C1. The van der Waals surface area contributed by atoms with E-state index in [0.29, 0.717) is 13.0 Å². The summed E-state index contributed by atoms with van der Waals surface area (Å²) in [6.07, 6.45) is -0.221. The standard InChI is InChI=1S/C11H10F5NO/c12-7-6(4-17-2-1-5(18)3-17)8(13)10(15)11(16)9(7)14/h5,18H,1-4H2. The predicted octanol–water partition coefficient (Wildman–Crippen LogP) is 1.95. The molecule has 1 aliphatic rings. The summed E-state index contributed by atoms with van der Waals surface area (Å²) in [5.41, 5.74) is -0.861. The molecule has 0 aromatic heterocycles. The number of hydrogen-bond donors (Lipinski definition) is 1. The van der Waals surface area contributed by atoms with E-state index in [1.165, 1.54) is 4.90 Å². The Morgan fingerprint density at radius 3 is 1.89 bits per heavy atom. The van der Waals surface area contributed by atoms with Crippen molar-refractivity contribution in [2.24, 2.45) is 0 Å². The van der Waals surface area contributed by atoms with Crippen molar-refractivity contribution in [1.29, 1.82) is 0 Å². The lowest BCUT2D eigenvalue weighted by molar-refractivity contribution is 0.173. The second-order valence-electron chi connectivity index (χ2n) is 4.23. The van der Waals surface area contributed by atoms with E-state index >= 15 is 0 Å². The number of β-amino-alcohol motifs (C(OH)–C–C–N with tert-alkyl or cyclic N) is 1. The maximum Gasteiger partial charge on any atom is 0.200 e. The summed E-state index contributed by atoms with van der Waals surface area (Å²) in [4.78, 5) is 1.43. The lowest BCUT2D eigenvalue weighted by atomic mass is 10.1. The maximum absolute atomic E-state index is 13.3. The van der Waals surface area contributed by atoms with Gasteiger partial charge in [0, 0.05) is 25.2 Å². The van der Waals surface area contributed by atoms with Crippen LogP contribution in [0.2, 0.25) is 0 Å². The first-order valence-electron chi connectivity index (χ1n) is 5.32. The first-order chi connectivity index (χ1) is 8.41. The van der Waals surface area contributed by atoms with E-state index in [2.05, 4.69) is 0 Å². The van der Waals surface area contributed by atoms with Gasteiger partial charge in [-0.2, -0.15) is 0 Å². The van der Waals surface area contributed by atoms with Crippen LogP contribution in [0.4, 0.5) is 22.0 Å². The molecule has 1 unspecified atom stereocenters. The molecule has 1 atom stereocenters. The molecule has 2 rings (SSSR count). The van der Waals surface area contributed by atoms with Crippen molar-refractivity contribution in [3.05, 3.63) is 34.6 Å². The van der Waals surface area contributed by atoms with Gasteiger partial charge in [-0.1, -0.05) is 0 Å². The molecule has 0 aliphatic carbocycles. The van der Waals surface area contributed by atoms with E-state index in [4.69, 9.17) is 0 Å². The van der Waals surface area contributed by atoms with Gasteiger partial charge in [-0.05, 0) is 6.42 Å². The summed E-state index contributed by atoms with van der Waals surface area (Å²) in [5, 5.41) is 9.23. The Labute approximate surface area is 99.6 Å². The topological polar surface area (TPSA) is 23.5 Å². The Bertz CT molecular complexity index is 450. The van der Waals surface area contributed by atoms with Crippen LogP contribution in [-0.2, 0) is 6.54 Å². The van der Waals surface area contributed by atoms with Crippen molar-refractivity contribution in [1.82, 2.24) is 4.90 Å². The predicted molar refractivity (Wildman–Crippen MR) is 52.1 cm³/mol. The third-order valence-electron chi connectivity index (χ3n) is 2.93. The molecule has 1 aromatic rings. The van der Waals surface area contributed by atoms with Gasteiger partial charge in [0.2, 0.25) is 5.82 Å². The van der Waals surface area contributed by atoms with Crippen LogP contribution in [0, 0.1) is 29.1 Å². The van der Waals surface area contributed by atoms with Gasteiger partial charge in [0.25, 0.3) is 0 Å². The Balaban J connectivity index is 2.33. The van der Waals surface area contributed by atoms with Crippen LogP contribution in [0.15, 0.2) is 0 Å². The molecule has 0 bridgehead atoms. The van der Waals surface area contributed by atoms with E-state index in [1.54, 1.807) is 0 Å². The number of nitrogens with zero attached hydrogens (tertiary/aromatic N) is 1. The highest BCUT2D eigenvalue weighted by atomic mass is 19.2. The second kappa shape index (κ2) is 4.81. The van der Waals surface area contributed by atoms with Gasteiger partial charge in [0.05, 0.1) is 6.10 Å². The molecule has 100 valence electrons. The smallest absolute Gasteiger partial charge is 0.200 e. The number of halogens is 5. The number of aliphatic hydroxyl groups is 1. The molecule has 0 spiro atoms. The van der Waals surface area contributed by atoms with Gasteiger partial charge < -0.3 is 5.11 Å². The van der Waals surface area contributed by atoms with Gasteiger partial charge in [0.1, 0.15) is 0 Å². The van der Waals surface area contributed by atoms with Crippen LogP contribution in [0.1, 0.15) is 12.0 Å². The molecule has 1 aromatic carbocycles. The average molecular weight is 267 g/mol. The molecule has 2 nitrogen and oxygen atoms in total. The van der Waals surface area contributed by atoms with Gasteiger partial charge in [0.15, 0.2) is 23.3 Å². The molecule has 0 amide bonds. The van der Waals surface area contributed by atoms with E-state index in [0.717, 1.165) is 0 Å². The minimum atomic E-state index is -2.16. The first-order valence-corrected chi connectivity index (χ1v) is 5.32. The van der Waals surface area contributed by atoms with Gasteiger partial charge >= 0.3 is 0 Å². The van der Waals surface area contributed by atoms with Crippen molar-refractivity contribution in [3.8, 4) is 0 Å². The molecular formula is C11H10F5NO. The molecule has 7 heteroatoms. The summed E-state index contributed by atoms with van der Waals surface area (Å²) in [5.74, 6) is -9.66. The molecule has 0 radical (unpaired) electrons. The van der Waals surface area contributed by atoms with Crippen LogP contribution in [0.5, 0.6) is 0 Å². The van der Waals surface area contributed by atoms with Crippen molar-refractivity contribution in [3.63, 3.8) is 0 Å². The number of benzene rings is 1. The van der Waals surface area contributed by atoms with Crippen molar-refractivity contribution < 1.29 is 27.1 Å². The largest absolute Gasteiger partial charge is 0.392 e. The summed E-state index contributed by atoms with van der Waals surface area (Å²) in [6.45, 7) is 0.0863. The quantitative estimate of drug-likeness (QED) is 0.503. The molecule has 1 heterocycles. The Hall–Kier alpha value is -1.21. The second-order valence-corrected chi connectivity index (χ2v) is 4.23. The highest BCUT2D eigenvalue weighted by Gasteiger charge is 2.28. The molecule has 1 fully saturated rings. The third-order valence-corrected chi connectivity index (χ3v) is 2.93. The fourth-order valence-corrected chi connectivity index (χ4v) is 1.97. The van der Waals surface area contributed by atoms with Crippen LogP contribution in [0.25, 0.3) is 0 Å². The number of hydrogen-bond acceptors (Lipinski definition) is 2. The Kier molecular flexibility index (Phi) is 3.54. The number of aliphatic hydroxyl groups excluding tert-OH is 1. The van der Waals surface area contributed by atoms with Crippen LogP contribution >= 0.6 is 0 Å². The molecule has 1 N–H and O–H groups in total. The number of likely N-dealkylation sites (tertiary alicyclic amines) is 1. The van der Waals surface area contributed by atoms with Gasteiger partial charge in [-0.3, -0.25) is 4.90 Å². The zero-order chi connectivity index (χ0) is 13.4. The lowest BCUT2D eigenvalue weighted by Crippen LogP contribution is -2.24. The Morgan fingerprint density at radius 1 is 0.944 bits per heavy atom. The normalized spacial score (nSPS) is 20.7. The van der Waals surface area contributed by atoms with Gasteiger partial charge in [-0.25, -0.2) is 22.0 Å². The minimum absolute atomic E-state index is 0.152. The summed E-state index contributed by atoms with van der Waals surface area (Å²) >= 11 is 0. The van der Waals surface area contributed by atoms with E-state index < -0.39 is 47.3 Å². The average Bonchev–Trinajstić information content (AvgIpc) is 2.75. The van der Waals surface area contributed by atoms with Crippen LogP contribution in [0.3, 0.4) is 0 Å². The fraction of sp³-hybridized carbons (Fsp3) is 0.455. The third kappa shape index (κ3) is 2.20. The van der Waals surface area contributed by atoms with Crippen molar-refractivity contribution in [2.75, 3.05) is 13.1 Å². The van der Waals surface area contributed by atoms with Crippen LogP contribution in [-0.4, -0.2) is 29.2 Å². The first kappa shape index (κ1) is 13.2.